The molecule has 1 heterocycles. The lowest BCUT2D eigenvalue weighted by Gasteiger charge is -2.19. The molecule has 1 aromatic carbocycles. The minimum absolute atomic E-state index is 0.223. The fourth-order valence-electron chi connectivity index (χ4n) is 1.60. The van der Waals surface area contributed by atoms with Crippen LogP contribution in [0.4, 0.5) is 4.39 Å². The molecule has 0 spiro atoms. The van der Waals surface area contributed by atoms with Crippen LogP contribution in [0, 0.1) is 5.82 Å². The van der Waals surface area contributed by atoms with E-state index in [0.29, 0.717) is 16.6 Å². The van der Waals surface area contributed by atoms with E-state index in [4.69, 9.17) is 0 Å². The molecule has 0 aliphatic heterocycles. The first-order chi connectivity index (χ1) is 6.50. The molecule has 1 aromatic heterocycles. The van der Waals surface area contributed by atoms with Gasteiger partial charge >= 0.3 is 0 Å². The minimum Gasteiger partial charge on any atom is -0.207 e. The molecule has 0 bridgehead atoms. The van der Waals surface area contributed by atoms with E-state index >= 15 is 0 Å². The van der Waals surface area contributed by atoms with Gasteiger partial charge in [-0.15, -0.1) is 0 Å². The van der Waals surface area contributed by atoms with E-state index in [9.17, 15) is 4.39 Å². The van der Waals surface area contributed by atoms with Gasteiger partial charge in [0.25, 0.3) is 0 Å². The second-order valence-corrected chi connectivity index (χ2v) is 4.36. The molecule has 2 rings (SSSR count). The van der Waals surface area contributed by atoms with Crippen LogP contribution in [-0.4, -0.2) is 15.4 Å². The lowest BCUT2D eigenvalue weighted by Crippen LogP contribution is -2.14. The Labute approximate surface area is 81.3 Å². The van der Waals surface area contributed by atoms with Gasteiger partial charge in [-0.1, -0.05) is 20.8 Å². The van der Waals surface area contributed by atoms with Crippen molar-refractivity contribution in [3.05, 3.63) is 23.5 Å². The molecule has 0 atom stereocenters. The molecule has 0 amide bonds. The Kier molecular flexibility index (Phi) is 1.80. The average molecular weight is 193 g/mol. The highest BCUT2D eigenvalue weighted by molar-refractivity contribution is 5.78. The fourth-order valence-corrected chi connectivity index (χ4v) is 1.60. The Bertz CT molecular complexity index is 468. The number of aromatic amines is 1. The normalized spacial score (nSPS) is 12.3. The Morgan fingerprint density at radius 3 is 2.57 bits per heavy atom. The van der Waals surface area contributed by atoms with Crippen LogP contribution in [0.3, 0.4) is 0 Å². The van der Waals surface area contributed by atoms with Crippen molar-refractivity contribution in [1.29, 1.82) is 0 Å². The monoisotopic (exact) mass is 193 g/mol. The van der Waals surface area contributed by atoms with Gasteiger partial charge in [-0.25, -0.2) is 4.39 Å². The molecule has 0 aliphatic carbocycles. The number of hydrogen-bond acceptors (Lipinski definition) is 2. The largest absolute Gasteiger partial charge is 0.207 e. The van der Waals surface area contributed by atoms with Crippen molar-refractivity contribution >= 4 is 11.0 Å². The third kappa shape index (κ3) is 1.27. The number of aromatic nitrogens is 3. The number of benzene rings is 1. The fraction of sp³-hybridized carbons (Fsp3) is 0.400. The predicted octanol–water partition coefficient (Wildman–Crippen LogP) is 2.39. The standard InChI is InChI=1S/C10H12FN3/c1-10(2,3)8-6(11)4-5-7-9(8)13-14-12-7/h4-5H,1-3H3,(H,12,13,14). The average Bonchev–Trinajstić information content (AvgIpc) is 2.48. The van der Waals surface area contributed by atoms with Crippen molar-refractivity contribution < 1.29 is 4.39 Å². The van der Waals surface area contributed by atoms with E-state index in [-0.39, 0.29) is 11.2 Å². The number of rotatable bonds is 0. The summed E-state index contributed by atoms with van der Waals surface area (Å²) in [5.41, 5.74) is 1.68. The Morgan fingerprint density at radius 1 is 1.21 bits per heavy atom. The number of nitrogens with zero attached hydrogens (tertiary/aromatic N) is 2. The highest BCUT2D eigenvalue weighted by atomic mass is 19.1. The van der Waals surface area contributed by atoms with Gasteiger partial charge < -0.3 is 0 Å². The number of halogens is 1. The first kappa shape index (κ1) is 9.12. The van der Waals surface area contributed by atoms with Gasteiger partial charge in [0.05, 0.1) is 0 Å². The number of fused-ring (bicyclic) bond motifs is 1. The smallest absolute Gasteiger partial charge is 0.129 e. The zero-order valence-corrected chi connectivity index (χ0v) is 8.43. The maximum atomic E-state index is 13.6. The molecule has 14 heavy (non-hydrogen) atoms. The minimum atomic E-state index is -0.263. The summed E-state index contributed by atoms with van der Waals surface area (Å²) in [4.78, 5) is 0. The third-order valence-corrected chi connectivity index (χ3v) is 2.19. The van der Waals surface area contributed by atoms with E-state index in [1.54, 1.807) is 6.07 Å². The summed E-state index contributed by atoms with van der Waals surface area (Å²) in [7, 11) is 0. The van der Waals surface area contributed by atoms with Gasteiger partial charge in [0.15, 0.2) is 0 Å². The van der Waals surface area contributed by atoms with Gasteiger partial charge in [-0.2, -0.15) is 15.4 Å². The van der Waals surface area contributed by atoms with E-state index < -0.39 is 0 Å². The van der Waals surface area contributed by atoms with E-state index in [0.717, 1.165) is 0 Å². The summed E-state index contributed by atoms with van der Waals surface area (Å²) in [6.07, 6.45) is 0. The SMILES string of the molecule is CC(C)(C)c1c(F)ccc2n[nH]nc12. The summed E-state index contributed by atoms with van der Waals surface area (Å²) in [6, 6.07) is 3.06. The van der Waals surface area contributed by atoms with Crippen LogP contribution < -0.4 is 0 Å². The molecule has 4 heteroatoms. The second-order valence-electron chi connectivity index (χ2n) is 4.36. The number of hydrogen-bond donors (Lipinski definition) is 1. The Morgan fingerprint density at radius 2 is 1.93 bits per heavy atom. The highest BCUT2D eigenvalue weighted by Crippen LogP contribution is 2.30. The molecule has 0 aliphatic rings. The molecule has 74 valence electrons. The molecule has 0 radical (unpaired) electrons. The first-order valence-electron chi connectivity index (χ1n) is 4.49. The summed E-state index contributed by atoms with van der Waals surface area (Å²) in [5.74, 6) is -0.223. The molecule has 3 nitrogen and oxygen atoms in total. The maximum absolute atomic E-state index is 13.6. The van der Waals surface area contributed by atoms with E-state index in [2.05, 4.69) is 15.4 Å². The summed E-state index contributed by atoms with van der Waals surface area (Å²) < 4.78 is 13.6. The van der Waals surface area contributed by atoms with E-state index in [1.165, 1.54) is 6.07 Å². The molecule has 0 saturated heterocycles. The highest BCUT2D eigenvalue weighted by Gasteiger charge is 2.23. The van der Waals surface area contributed by atoms with Crippen molar-refractivity contribution in [2.75, 3.05) is 0 Å². The van der Waals surface area contributed by atoms with Crippen molar-refractivity contribution in [3.63, 3.8) is 0 Å². The molecule has 1 N–H and O–H groups in total. The van der Waals surface area contributed by atoms with Gasteiger partial charge in [-0.3, -0.25) is 0 Å². The summed E-state index contributed by atoms with van der Waals surface area (Å²) in [6.45, 7) is 5.87. The van der Waals surface area contributed by atoms with Gasteiger partial charge in [-0.05, 0) is 17.5 Å². The predicted molar refractivity (Wildman–Crippen MR) is 52.5 cm³/mol. The van der Waals surface area contributed by atoms with Crippen molar-refractivity contribution in [2.24, 2.45) is 0 Å². The maximum Gasteiger partial charge on any atom is 0.129 e. The molecular formula is C10H12FN3. The summed E-state index contributed by atoms with van der Waals surface area (Å²) in [5, 5.41) is 10.4. The third-order valence-electron chi connectivity index (χ3n) is 2.19. The van der Waals surface area contributed by atoms with Crippen LogP contribution >= 0.6 is 0 Å². The molecular weight excluding hydrogens is 181 g/mol. The molecule has 0 saturated carbocycles. The Hall–Kier alpha value is -1.45. The van der Waals surface area contributed by atoms with Crippen LogP contribution in [0.15, 0.2) is 12.1 Å². The number of nitrogens with one attached hydrogen (secondary N) is 1. The molecule has 2 aromatic rings. The van der Waals surface area contributed by atoms with Crippen molar-refractivity contribution in [3.8, 4) is 0 Å². The van der Waals surface area contributed by atoms with Crippen molar-refractivity contribution in [2.45, 2.75) is 26.2 Å². The zero-order chi connectivity index (χ0) is 10.3. The topological polar surface area (TPSA) is 41.6 Å². The zero-order valence-electron chi connectivity index (χ0n) is 8.43. The van der Waals surface area contributed by atoms with Crippen LogP contribution in [-0.2, 0) is 5.41 Å². The van der Waals surface area contributed by atoms with Gasteiger partial charge in [0.2, 0.25) is 0 Å². The lowest BCUT2D eigenvalue weighted by atomic mass is 9.86. The van der Waals surface area contributed by atoms with Crippen LogP contribution in [0.25, 0.3) is 11.0 Å². The quantitative estimate of drug-likeness (QED) is 0.698. The van der Waals surface area contributed by atoms with Crippen LogP contribution in [0.2, 0.25) is 0 Å². The Balaban J connectivity index is 2.83. The van der Waals surface area contributed by atoms with Crippen LogP contribution in [0.5, 0.6) is 0 Å². The van der Waals surface area contributed by atoms with Crippen LogP contribution in [0.1, 0.15) is 26.3 Å². The van der Waals surface area contributed by atoms with Gasteiger partial charge in [0.1, 0.15) is 16.9 Å². The first-order valence-corrected chi connectivity index (χ1v) is 4.49. The molecule has 0 fully saturated rings. The van der Waals surface area contributed by atoms with Crippen molar-refractivity contribution in [1.82, 2.24) is 15.4 Å². The van der Waals surface area contributed by atoms with Gasteiger partial charge in [0, 0.05) is 5.56 Å². The molecule has 0 unspecified atom stereocenters. The van der Waals surface area contributed by atoms with E-state index in [1.807, 2.05) is 20.8 Å². The lowest BCUT2D eigenvalue weighted by molar-refractivity contribution is 0.527. The number of H-pyrrole nitrogens is 1. The summed E-state index contributed by atoms with van der Waals surface area (Å²) >= 11 is 0. The second kappa shape index (κ2) is 2.77.